The lowest BCUT2D eigenvalue weighted by Gasteiger charge is -2.27. The molecule has 4 N–H and O–H groups in total. The van der Waals surface area contributed by atoms with Crippen molar-refractivity contribution in [3.63, 3.8) is 0 Å². The molecule has 10 heteroatoms. The molecule has 0 aliphatic carbocycles. The molecular weight excluding hydrogens is 516 g/mol. The quantitative estimate of drug-likeness (QED) is 0.229. The molecule has 0 aliphatic rings. The third-order valence-corrected chi connectivity index (χ3v) is 8.18. The Hall–Kier alpha value is -3.27. The average molecular weight is 559 g/mol. The Kier molecular flexibility index (Phi) is 13.1. The number of aromatic nitrogens is 1. The number of benzene rings is 1. The molecule has 214 valence electrons. The monoisotopic (exact) mass is 558 g/mol. The number of nitrogens with zero attached hydrogens (tertiary/aromatic N) is 1. The number of carbonyl (C=O) groups excluding carboxylic acids is 3. The van der Waals surface area contributed by atoms with E-state index in [1.807, 2.05) is 37.5 Å². The van der Waals surface area contributed by atoms with E-state index in [2.05, 4.69) is 41.3 Å². The number of carboxylic acids is 1. The zero-order valence-corrected chi connectivity index (χ0v) is 24.2. The van der Waals surface area contributed by atoms with Gasteiger partial charge < -0.3 is 25.6 Å². The van der Waals surface area contributed by atoms with Gasteiger partial charge in [-0.05, 0) is 55.5 Å². The molecule has 0 saturated heterocycles. The lowest BCUT2D eigenvalue weighted by Crippen LogP contribution is -2.48. The van der Waals surface area contributed by atoms with Gasteiger partial charge >= 0.3 is 5.97 Å². The van der Waals surface area contributed by atoms with Crippen molar-refractivity contribution in [3.05, 3.63) is 53.9 Å². The lowest BCUT2D eigenvalue weighted by atomic mass is 10.0. The van der Waals surface area contributed by atoms with Crippen LogP contribution in [0.2, 0.25) is 0 Å². The maximum absolute atomic E-state index is 12.9. The highest BCUT2D eigenvalue weighted by atomic mass is 32.2. The lowest BCUT2D eigenvalue weighted by molar-refractivity contribution is -0.137. The molecule has 1 heterocycles. The van der Waals surface area contributed by atoms with Gasteiger partial charge in [0.05, 0.1) is 12.3 Å². The molecule has 39 heavy (non-hydrogen) atoms. The first kappa shape index (κ1) is 31.9. The third kappa shape index (κ3) is 12.0. The molecule has 9 nitrogen and oxygen atoms in total. The van der Waals surface area contributed by atoms with Gasteiger partial charge in [0.1, 0.15) is 6.04 Å². The second-order valence-electron chi connectivity index (χ2n) is 10.1. The highest BCUT2D eigenvalue weighted by molar-refractivity contribution is 8.01. The predicted octanol–water partition coefficient (Wildman–Crippen LogP) is 4.34. The molecule has 0 fully saturated rings. The normalized spacial score (nSPS) is 13.2. The number of amides is 3. The van der Waals surface area contributed by atoms with E-state index in [1.54, 1.807) is 23.9 Å². The summed E-state index contributed by atoms with van der Waals surface area (Å²) in [6, 6.07) is 8.30. The first-order valence-electron chi connectivity index (χ1n) is 13.5. The molecule has 0 aliphatic heterocycles. The van der Waals surface area contributed by atoms with E-state index in [-0.39, 0.29) is 35.8 Å². The number of thioether (sulfide) groups is 1. The van der Waals surface area contributed by atoms with Gasteiger partial charge in [-0.2, -0.15) is 0 Å². The second-order valence-corrected chi connectivity index (χ2v) is 11.6. The van der Waals surface area contributed by atoms with Crippen molar-refractivity contribution in [1.29, 1.82) is 0 Å². The van der Waals surface area contributed by atoms with Crippen LogP contribution >= 0.6 is 11.8 Å². The van der Waals surface area contributed by atoms with E-state index in [4.69, 9.17) is 5.11 Å². The number of anilines is 1. The molecule has 2 atom stereocenters. The summed E-state index contributed by atoms with van der Waals surface area (Å²) in [6.45, 7) is 8.82. The minimum absolute atomic E-state index is 0.00907. The number of carbonyl (C=O) groups is 4. The van der Waals surface area contributed by atoms with Gasteiger partial charge in [-0.25, -0.2) is 0 Å². The highest BCUT2D eigenvalue weighted by Gasteiger charge is 2.24. The second kappa shape index (κ2) is 16.0. The Balaban J connectivity index is 1.88. The molecule has 2 rings (SSSR count). The molecule has 0 saturated carbocycles. The van der Waals surface area contributed by atoms with Gasteiger partial charge in [0.25, 0.3) is 0 Å². The van der Waals surface area contributed by atoms with Crippen LogP contribution in [0.5, 0.6) is 0 Å². The van der Waals surface area contributed by atoms with Crippen LogP contribution in [-0.2, 0) is 25.7 Å². The standard InChI is InChI=1S/C29H42N4O5S/c1-5-7-15-29(4,6-2)39-20-26(35)30-17-25(34)32-24(12-13-27(36)37)28(38)31-23-10-8-22(9-11-23)19-33-16-14-21(3)18-33/h8-11,14,16,18,24H,5-7,12-13,15,17,19-20H2,1-4H3,(H,30,35)(H,31,38)(H,32,34)(H,36,37)/t24-,29?/m0/s1. The van der Waals surface area contributed by atoms with Crippen LogP contribution in [0.1, 0.15) is 70.4 Å². The Bertz CT molecular complexity index is 1100. The molecule has 1 aromatic heterocycles. The van der Waals surface area contributed by atoms with Crippen LogP contribution in [-0.4, -0.2) is 56.5 Å². The van der Waals surface area contributed by atoms with Crippen LogP contribution in [0.3, 0.4) is 0 Å². The topological polar surface area (TPSA) is 130 Å². The van der Waals surface area contributed by atoms with Crippen molar-refractivity contribution in [3.8, 4) is 0 Å². The molecule has 0 bridgehead atoms. The summed E-state index contributed by atoms with van der Waals surface area (Å²) in [6.07, 6.45) is 7.84. The maximum atomic E-state index is 12.9. The summed E-state index contributed by atoms with van der Waals surface area (Å²) in [4.78, 5) is 48.9. The zero-order valence-electron chi connectivity index (χ0n) is 23.4. The first-order chi connectivity index (χ1) is 18.5. The first-order valence-corrected chi connectivity index (χ1v) is 14.5. The van der Waals surface area contributed by atoms with Crippen molar-refractivity contribution in [1.82, 2.24) is 15.2 Å². The van der Waals surface area contributed by atoms with Crippen LogP contribution in [0.15, 0.2) is 42.7 Å². The SMILES string of the molecule is CCCCC(C)(CC)SCC(=O)NCC(=O)N[C@@H](CCC(=O)O)C(=O)Nc1ccc(Cn2ccc(C)c2)cc1. The minimum atomic E-state index is -1.07. The molecule has 0 spiro atoms. The fourth-order valence-corrected chi connectivity index (χ4v) is 5.02. The number of aliphatic carboxylic acids is 1. The van der Waals surface area contributed by atoms with Crippen LogP contribution in [0, 0.1) is 6.92 Å². The number of nitrogens with one attached hydrogen (secondary N) is 3. The highest BCUT2D eigenvalue weighted by Crippen LogP contribution is 2.33. The smallest absolute Gasteiger partial charge is 0.303 e. The van der Waals surface area contributed by atoms with Gasteiger partial charge in [-0.15, -0.1) is 11.8 Å². The van der Waals surface area contributed by atoms with E-state index in [0.29, 0.717) is 12.2 Å². The van der Waals surface area contributed by atoms with Crippen LogP contribution in [0.25, 0.3) is 0 Å². The van der Waals surface area contributed by atoms with Crippen molar-refractivity contribution in [2.75, 3.05) is 17.6 Å². The van der Waals surface area contributed by atoms with E-state index < -0.39 is 23.8 Å². The molecule has 0 radical (unpaired) electrons. The van der Waals surface area contributed by atoms with E-state index in [9.17, 15) is 19.2 Å². The number of rotatable bonds is 17. The van der Waals surface area contributed by atoms with Gasteiger partial charge in [0, 0.05) is 35.8 Å². The molecular formula is C29H42N4O5S. The van der Waals surface area contributed by atoms with Crippen molar-refractivity contribution >= 4 is 41.1 Å². The van der Waals surface area contributed by atoms with E-state index >= 15 is 0 Å². The third-order valence-electron chi connectivity index (χ3n) is 6.59. The van der Waals surface area contributed by atoms with Crippen molar-refractivity contribution < 1.29 is 24.3 Å². The van der Waals surface area contributed by atoms with E-state index in [0.717, 1.165) is 31.2 Å². The predicted molar refractivity (Wildman–Crippen MR) is 156 cm³/mol. The molecule has 3 amide bonds. The van der Waals surface area contributed by atoms with Gasteiger partial charge in [0.2, 0.25) is 17.7 Å². The Morgan fingerprint density at radius 2 is 1.79 bits per heavy atom. The fourth-order valence-electron chi connectivity index (χ4n) is 3.95. The summed E-state index contributed by atoms with van der Waals surface area (Å²) in [5.74, 6) is -2.16. The summed E-state index contributed by atoms with van der Waals surface area (Å²) in [5, 5.41) is 17.0. The summed E-state index contributed by atoms with van der Waals surface area (Å²) in [7, 11) is 0. The molecule has 1 aromatic carbocycles. The number of hydrogen-bond acceptors (Lipinski definition) is 5. The van der Waals surface area contributed by atoms with Crippen molar-refractivity contribution in [2.24, 2.45) is 0 Å². The minimum Gasteiger partial charge on any atom is -0.481 e. The Morgan fingerprint density at radius 1 is 1.08 bits per heavy atom. The summed E-state index contributed by atoms with van der Waals surface area (Å²) in [5.41, 5.74) is 2.76. The van der Waals surface area contributed by atoms with E-state index in [1.165, 1.54) is 5.56 Å². The fraction of sp³-hybridized carbons (Fsp3) is 0.517. The van der Waals surface area contributed by atoms with Gasteiger partial charge in [-0.1, -0.05) is 45.7 Å². The van der Waals surface area contributed by atoms with Crippen molar-refractivity contribution in [2.45, 2.75) is 83.6 Å². The van der Waals surface area contributed by atoms with Gasteiger partial charge in [-0.3, -0.25) is 19.2 Å². The average Bonchev–Trinajstić information content (AvgIpc) is 3.32. The Morgan fingerprint density at radius 3 is 2.38 bits per heavy atom. The number of carboxylic acid groups (broad SMARTS) is 1. The number of unbranched alkanes of at least 4 members (excludes halogenated alkanes) is 1. The molecule has 2 aromatic rings. The van der Waals surface area contributed by atoms with Crippen LogP contribution < -0.4 is 16.0 Å². The zero-order chi connectivity index (χ0) is 28.8. The van der Waals surface area contributed by atoms with Gasteiger partial charge in [0.15, 0.2) is 0 Å². The maximum Gasteiger partial charge on any atom is 0.303 e. The number of aryl methyl sites for hydroxylation is 1. The van der Waals surface area contributed by atoms with Crippen LogP contribution in [0.4, 0.5) is 5.69 Å². The largest absolute Gasteiger partial charge is 0.481 e. The Labute approximate surface area is 235 Å². The summed E-state index contributed by atoms with van der Waals surface area (Å²) < 4.78 is 2.07. The summed E-state index contributed by atoms with van der Waals surface area (Å²) >= 11 is 1.58. The number of hydrogen-bond donors (Lipinski definition) is 4. The molecule has 1 unspecified atom stereocenters.